The van der Waals surface area contributed by atoms with Crippen LogP contribution in [-0.4, -0.2) is 68.2 Å². The van der Waals surface area contributed by atoms with Crippen molar-refractivity contribution in [3.05, 3.63) is 29.5 Å². The monoisotopic (exact) mass is 444 g/mol. The topological polar surface area (TPSA) is 148 Å². The number of carboxylic acids is 1. The van der Waals surface area contributed by atoms with Gasteiger partial charge in [-0.2, -0.15) is 4.68 Å². The lowest BCUT2D eigenvalue weighted by atomic mass is 9.90. The maximum Gasteiger partial charge on any atom is 0.330 e. The number of nitrogens with one attached hydrogen (secondary N) is 2. The molecular weight excluding hydrogens is 427 g/mol. The van der Waals surface area contributed by atoms with Gasteiger partial charge in [0.1, 0.15) is 17.7 Å². The van der Waals surface area contributed by atoms with Crippen molar-refractivity contribution in [1.29, 1.82) is 0 Å². The molecule has 2 aromatic rings. The van der Waals surface area contributed by atoms with E-state index in [4.69, 9.17) is 27.9 Å². The SMILES string of the molecule is COCC[C@](CC(=O)Nc1cc(Cl)ccc1-n1cnnn1)(NC(=O)CCl)C(=O)O. The van der Waals surface area contributed by atoms with Gasteiger partial charge in [0.2, 0.25) is 11.8 Å². The van der Waals surface area contributed by atoms with E-state index in [1.165, 1.54) is 24.2 Å². The first-order chi connectivity index (χ1) is 13.8. The lowest BCUT2D eigenvalue weighted by Crippen LogP contribution is -2.57. The molecule has 0 bridgehead atoms. The standard InChI is InChI=1S/C16H18Cl2N6O5/c1-29-5-4-16(15(27)28,21-14(26)8-17)7-13(25)20-11-6-10(18)2-3-12(11)24-9-19-22-23-24/h2-3,6,9H,4-5,7-8H2,1H3,(H,20,25)(H,21,26)(H,27,28)/t16-/m1/s1. The van der Waals surface area contributed by atoms with Gasteiger partial charge in [-0.05, 0) is 28.6 Å². The summed E-state index contributed by atoms with van der Waals surface area (Å²) in [4.78, 5) is 36.4. The molecular formula is C16H18Cl2N6O5. The van der Waals surface area contributed by atoms with Crippen LogP contribution in [0.4, 0.5) is 5.69 Å². The Hall–Kier alpha value is -2.76. The third kappa shape index (κ3) is 5.86. The Balaban J connectivity index is 2.29. The van der Waals surface area contributed by atoms with Gasteiger partial charge in [-0.25, -0.2) is 4.79 Å². The predicted molar refractivity (Wildman–Crippen MR) is 103 cm³/mol. The number of carbonyl (C=O) groups excluding carboxylic acids is 2. The summed E-state index contributed by atoms with van der Waals surface area (Å²) in [5, 5.41) is 25.8. The van der Waals surface area contributed by atoms with E-state index in [1.807, 2.05) is 0 Å². The summed E-state index contributed by atoms with van der Waals surface area (Å²) in [7, 11) is 1.38. The maximum absolute atomic E-state index is 12.7. The Kier molecular flexibility index (Phi) is 7.88. The number of rotatable bonds is 10. The zero-order chi connectivity index (χ0) is 21.4. The average Bonchev–Trinajstić information content (AvgIpc) is 3.20. The highest BCUT2D eigenvalue weighted by atomic mass is 35.5. The van der Waals surface area contributed by atoms with Crippen LogP contribution in [0.25, 0.3) is 5.69 Å². The van der Waals surface area contributed by atoms with E-state index in [1.54, 1.807) is 12.1 Å². The summed E-state index contributed by atoms with van der Waals surface area (Å²) in [6.45, 7) is -0.00477. The fourth-order valence-electron chi connectivity index (χ4n) is 2.56. The number of nitrogens with zero attached hydrogens (tertiary/aromatic N) is 4. The molecule has 0 spiro atoms. The zero-order valence-electron chi connectivity index (χ0n) is 15.3. The molecule has 13 heteroatoms. The third-order valence-electron chi connectivity index (χ3n) is 3.93. The molecule has 1 aromatic carbocycles. The smallest absolute Gasteiger partial charge is 0.330 e. The number of carbonyl (C=O) groups is 3. The molecule has 1 aromatic heterocycles. The number of carboxylic acid groups (broad SMARTS) is 1. The Bertz CT molecular complexity index is 879. The summed E-state index contributed by atoms with van der Waals surface area (Å²) < 4.78 is 6.23. The molecule has 156 valence electrons. The number of methoxy groups -OCH3 is 1. The number of anilines is 1. The molecule has 0 fully saturated rings. The lowest BCUT2D eigenvalue weighted by Gasteiger charge is -2.29. The largest absolute Gasteiger partial charge is 0.479 e. The number of tetrazole rings is 1. The van der Waals surface area contributed by atoms with Crippen LogP contribution in [0.2, 0.25) is 5.02 Å². The molecule has 0 saturated heterocycles. The normalized spacial score (nSPS) is 12.8. The maximum atomic E-state index is 12.7. The zero-order valence-corrected chi connectivity index (χ0v) is 16.8. The van der Waals surface area contributed by atoms with Crippen molar-refractivity contribution in [3.63, 3.8) is 0 Å². The number of ether oxygens (including phenoxy) is 1. The van der Waals surface area contributed by atoms with Crippen molar-refractivity contribution >= 4 is 46.7 Å². The minimum Gasteiger partial charge on any atom is -0.479 e. The summed E-state index contributed by atoms with van der Waals surface area (Å²) in [6.07, 6.45) is 0.597. The minimum atomic E-state index is -1.90. The molecule has 0 aliphatic carbocycles. The van der Waals surface area contributed by atoms with Crippen molar-refractivity contribution in [2.24, 2.45) is 0 Å². The molecule has 3 N–H and O–H groups in total. The number of alkyl halides is 1. The molecule has 2 amide bonds. The average molecular weight is 445 g/mol. The van der Waals surface area contributed by atoms with Gasteiger partial charge in [0.25, 0.3) is 0 Å². The first kappa shape index (κ1) is 22.5. The predicted octanol–water partition coefficient (Wildman–Crippen LogP) is 0.859. The van der Waals surface area contributed by atoms with Crippen LogP contribution in [0.15, 0.2) is 24.5 Å². The Morgan fingerprint density at radius 2 is 2.07 bits per heavy atom. The molecule has 0 saturated carbocycles. The molecule has 1 atom stereocenters. The highest BCUT2D eigenvalue weighted by molar-refractivity contribution is 6.31. The number of halogens is 2. The number of aromatic nitrogens is 4. The van der Waals surface area contributed by atoms with Crippen LogP contribution >= 0.6 is 23.2 Å². The molecule has 0 unspecified atom stereocenters. The van der Waals surface area contributed by atoms with Crippen molar-refractivity contribution in [1.82, 2.24) is 25.5 Å². The van der Waals surface area contributed by atoms with Crippen molar-refractivity contribution in [3.8, 4) is 5.69 Å². The Morgan fingerprint density at radius 1 is 1.31 bits per heavy atom. The number of benzene rings is 1. The van der Waals surface area contributed by atoms with Gasteiger partial charge in [-0.15, -0.1) is 16.7 Å². The Labute approximate surface area is 175 Å². The molecule has 0 aliphatic heterocycles. The molecule has 2 rings (SSSR count). The summed E-state index contributed by atoms with van der Waals surface area (Å²) >= 11 is 11.5. The van der Waals surface area contributed by atoms with E-state index in [2.05, 4.69) is 26.2 Å². The van der Waals surface area contributed by atoms with Crippen LogP contribution in [0.1, 0.15) is 12.8 Å². The van der Waals surface area contributed by atoms with Crippen LogP contribution in [-0.2, 0) is 19.1 Å². The highest BCUT2D eigenvalue weighted by Gasteiger charge is 2.42. The molecule has 29 heavy (non-hydrogen) atoms. The van der Waals surface area contributed by atoms with Gasteiger partial charge in [-0.1, -0.05) is 11.6 Å². The molecule has 1 heterocycles. The lowest BCUT2D eigenvalue weighted by molar-refractivity contribution is -0.150. The van der Waals surface area contributed by atoms with Gasteiger partial charge in [-0.3, -0.25) is 9.59 Å². The van der Waals surface area contributed by atoms with Crippen LogP contribution in [0.5, 0.6) is 0 Å². The van der Waals surface area contributed by atoms with E-state index in [9.17, 15) is 19.5 Å². The number of aliphatic carboxylic acids is 1. The van der Waals surface area contributed by atoms with Gasteiger partial charge < -0.3 is 20.5 Å². The van der Waals surface area contributed by atoms with E-state index in [-0.39, 0.29) is 18.7 Å². The summed E-state index contributed by atoms with van der Waals surface area (Å²) in [5.41, 5.74) is -1.24. The molecule has 11 nitrogen and oxygen atoms in total. The molecule has 0 aliphatic rings. The summed E-state index contributed by atoms with van der Waals surface area (Å²) in [5.74, 6) is -3.26. The fourth-order valence-corrected chi connectivity index (χ4v) is 2.79. The number of hydrogen-bond acceptors (Lipinski definition) is 7. The second-order valence-electron chi connectivity index (χ2n) is 5.95. The van der Waals surface area contributed by atoms with Crippen molar-refractivity contribution in [2.75, 3.05) is 24.9 Å². The summed E-state index contributed by atoms with van der Waals surface area (Å²) in [6, 6.07) is 4.62. The van der Waals surface area contributed by atoms with Gasteiger partial charge in [0, 0.05) is 25.2 Å². The second kappa shape index (κ2) is 10.1. The quantitative estimate of drug-likeness (QED) is 0.456. The van der Waals surface area contributed by atoms with Crippen LogP contribution < -0.4 is 10.6 Å². The van der Waals surface area contributed by atoms with Crippen molar-refractivity contribution < 1.29 is 24.2 Å². The van der Waals surface area contributed by atoms with E-state index in [0.717, 1.165) is 0 Å². The highest BCUT2D eigenvalue weighted by Crippen LogP contribution is 2.25. The Morgan fingerprint density at radius 3 is 2.66 bits per heavy atom. The third-order valence-corrected chi connectivity index (χ3v) is 4.41. The first-order valence-corrected chi connectivity index (χ1v) is 9.14. The van der Waals surface area contributed by atoms with E-state index >= 15 is 0 Å². The van der Waals surface area contributed by atoms with Crippen molar-refractivity contribution in [2.45, 2.75) is 18.4 Å². The fraction of sp³-hybridized carbons (Fsp3) is 0.375. The van der Waals surface area contributed by atoms with Crippen LogP contribution in [0, 0.1) is 0 Å². The van der Waals surface area contributed by atoms with E-state index in [0.29, 0.717) is 10.7 Å². The minimum absolute atomic E-state index is 0.00477. The first-order valence-electron chi connectivity index (χ1n) is 8.23. The number of amides is 2. The van der Waals surface area contributed by atoms with Gasteiger partial charge >= 0.3 is 5.97 Å². The second-order valence-corrected chi connectivity index (χ2v) is 6.66. The van der Waals surface area contributed by atoms with Gasteiger partial charge in [0.05, 0.1) is 17.8 Å². The number of hydrogen-bond donors (Lipinski definition) is 3. The van der Waals surface area contributed by atoms with Crippen LogP contribution in [0.3, 0.4) is 0 Å². The van der Waals surface area contributed by atoms with E-state index < -0.39 is 35.6 Å². The van der Waals surface area contributed by atoms with Gasteiger partial charge in [0.15, 0.2) is 0 Å². The molecule has 0 radical (unpaired) electrons.